The number of hydrogen-bond acceptors (Lipinski definition) is 8. The fourth-order valence-corrected chi connectivity index (χ4v) is 7.60. The summed E-state index contributed by atoms with van der Waals surface area (Å²) in [6.45, 7) is 18.7. The number of aliphatic hydroxyl groups excluding tert-OH is 3. The van der Waals surface area contributed by atoms with E-state index in [1.54, 1.807) is 20.8 Å². The van der Waals surface area contributed by atoms with E-state index in [1.165, 1.54) is 6.08 Å². The van der Waals surface area contributed by atoms with Gasteiger partial charge in [0.15, 0.2) is 11.4 Å². The summed E-state index contributed by atoms with van der Waals surface area (Å²) >= 11 is 0. The number of ketones is 1. The molecule has 0 radical (unpaired) electrons. The normalized spacial score (nSPS) is 46.1. The van der Waals surface area contributed by atoms with Crippen molar-refractivity contribution >= 4 is 5.78 Å². The molecule has 9 atom stereocenters. The molecule has 0 aromatic rings. The topological polar surface area (TPSA) is 120 Å². The quantitative estimate of drug-likeness (QED) is 0.374. The first-order chi connectivity index (χ1) is 16.1. The minimum Gasteiger partial charge on any atom is -0.392 e. The Balaban J connectivity index is 2.11. The second kappa shape index (κ2) is 9.46. The summed E-state index contributed by atoms with van der Waals surface area (Å²) in [6, 6.07) is 0. The van der Waals surface area contributed by atoms with Crippen LogP contribution in [-0.4, -0.2) is 98.6 Å². The SMILES string of the molecule is C=C[C@@]1(C)CC(=O)[C@]2(O)[C@@]3(C)[C@@H](O)CCC(C)(C)[C@@H]3[C@H](O)[C@H](OCC(O)CN(CC)CC)[C@@]2(C)O1. The van der Waals surface area contributed by atoms with E-state index < -0.39 is 63.8 Å². The number of aliphatic hydroxyl groups is 4. The second-order valence-electron chi connectivity index (χ2n) is 12.2. The number of rotatable bonds is 8. The van der Waals surface area contributed by atoms with Gasteiger partial charge in [0.05, 0.1) is 30.5 Å². The minimum absolute atomic E-state index is 0.0985. The summed E-state index contributed by atoms with van der Waals surface area (Å²) < 4.78 is 12.7. The van der Waals surface area contributed by atoms with Crippen molar-refractivity contribution in [3.63, 3.8) is 0 Å². The highest BCUT2D eigenvalue weighted by atomic mass is 16.6. The molecule has 0 bridgehead atoms. The van der Waals surface area contributed by atoms with Crippen molar-refractivity contribution in [2.45, 2.75) is 109 Å². The molecule has 3 aliphatic rings. The minimum atomic E-state index is -2.13. The van der Waals surface area contributed by atoms with Crippen molar-refractivity contribution in [1.29, 1.82) is 0 Å². The third-order valence-corrected chi connectivity index (χ3v) is 9.56. The first kappa shape index (κ1) is 28.7. The maximum Gasteiger partial charge on any atom is 0.171 e. The molecule has 8 heteroatoms. The van der Waals surface area contributed by atoms with Gasteiger partial charge in [0.2, 0.25) is 0 Å². The van der Waals surface area contributed by atoms with Gasteiger partial charge in [0, 0.05) is 24.3 Å². The highest BCUT2D eigenvalue weighted by molar-refractivity contribution is 5.92. The lowest BCUT2D eigenvalue weighted by Gasteiger charge is -2.71. The Labute approximate surface area is 210 Å². The van der Waals surface area contributed by atoms with Gasteiger partial charge in [-0.15, -0.1) is 6.58 Å². The van der Waals surface area contributed by atoms with E-state index in [1.807, 2.05) is 27.7 Å². The standard InChI is InChI=1S/C27H47NO7/c1-9-24(6)14-19(31)27(33)25(7)18(30)12-13-23(4,5)21(25)20(32)22(26(27,8)35-24)34-16-17(29)15-28(10-2)11-3/h9,17-18,20-22,29-30,32-33H,1,10-16H2,2-8H3/t17?,18-,20-,21-,22-,24-,25-,26+,27-/m0/s1. The van der Waals surface area contributed by atoms with Crippen molar-refractivity contribution < 1.29 is 34.7 Å². The molecule has 3 fully saturated rings. The summed E-state index contributed by atoms with van der Waals surface area (Å²) in [5.41, 5.74) is -6.78. The first-order valence-electron chi connectivity index (χ1n) is 13.1. The van der Waals surface area contributed by atoms with Crippen molar-refractivity contribution in [2.24, 2.45) is 16.7 Å². The van der Waals surface area contributed by atoms with Crippen LogP contribution in [-0.2, 0) is 14.3 Å². The fraction of sp³-hybridized carbons (Fsp3) is 0.889. The van der Waals surface area contributed by atoms with Crippen LogP contribution in [0.15, 0.2) is 12.7 Å². The van der Waals surface area contributed by atoms with Crippen LogP contribution in [0.1, 0.15) is 67.7 Å². The zero-order valence-corrected chi connectivity index (χ0v) is 22.6. The molecular weight excluding hydrogens is 450 g/mol. The zero-order valence-electron chi connectivity index (χ0n) is 22.6. The summed E-state index contributed by atoms with van der Waals surface area (Å²) in [7, 11) is 0. The maximum atomic E-state index is 13.9. The molecule has 2 saturated carbocycles. The van der Waals surface area contributed by atoms with Crippen LogP contribution < -0.4 is 0 Å². The van der Waals surface area contributed by atoms with Gasteiger partial charge in [-0.05, 0) is 45.2 Å². The molecule has 202 valence electrons. The van der Waals surface area contributed by atoms with Gasteiger partial charge in [-0.2, -0.15) is 0 Å². The summed E-state index contributed by atoms with van der Waals surface area (Å²) in [4.78, 5) is 15.9. The molecule has 2 aliphatic carbocycles. The van der Waals surface area contributed by atoms with E-state index >= 15 is 0 Å². The van der Waals surface area contributed by atoms with Crippen LogP contribution in [0.4, 0.5) is 0 Å². The van der Waals surface area contributed by atoms with E-state index in [2.05, 4.69) is 11.5 Å². The van der Waals surface area contributed by atoms with E-state index in [-0.39, 0.29) is 13.0 Å². The van der Waals surface area contributed by atoms with Crippen molar-refractivity contribution in [3.05, 3.63) is 12.7 Å². The Kier molecular flexibility index (Phi) is 7.76. The summed E-state index contributed by atoms with van der Waals surface area (Å²) in [6.07, 6.45) is -1.69. The fourth-order valence-electron chi connectivity index (χ4n) is 7.60. The van der Waals surface area contributed by atoms with E-state index in [4.69, 9.17) is 9.47 Å². The number of nitrogens with zero attached hydrogens (tertiary/aromatic N) is 1. The number of Topliss-reactive ketones (excluding diaryl/α,β-unsaturated/α-hetero) is 1. The average Bonchev–Trinajstić information content (AvgIpc) is 2.77. The monoisotopic (exact) mass is 497 g/mol. The lowest BCUT2D eigenvalue weighted by Crippen LogP contribution is -2.86. The highest BCUT2D eigenvalue weighted by Gasteiger charge is 2.80. The molecule has 35 heavy (non-hydrogen) atoms. The van der Waals surface area contributed by atoms with Crippen molar-refractivity contribution in [3.8, 4) is 0 Å². The number of hydrogen-bond donors (Lipinski definition) is 4. The molecule has 0 spiro atoms. The predicted octanol–water partition coefficient (Wildman–Crippen LogP) is 1.68. The predicted molar refractivity (Wildman–Crippen MR) is 133 cm³/mol. The molecule has 1 saturated heterocycles. The summed E-state index contributed by atoms with van der Waals surface area (Å²) in [5.74, 6) is -1.11. The van der Waals surface area contributed by atoms with Gasteiger partial charge in [-0.25, -0.2) is 0 Å². The highest BCUT2D eigenvalue weighted by Crippen LogP contribution is 2.67. The molecule has 0 aromatic carbocycles. The largest absolute Gasteiger partial charge is 0.392 e. The lowest BCUT2D eigenvalue weighted by molar-refractivity contribution is -0.376. The maximum absolute atomic E-state index is 13.9. The van der Waals surface area contributed by atoms with Crippen LogP contribution in [0.5, 0.6) is 0 Å². The van der Waals surface area contributed by atoms with Gasteiger partial charge < -0.3 is 34.8 Å². The van der Waals surface area contributed by atoms with Crippen LogP contribution in [0.25, 0.3) is 0 Å². The smallest absolute Gasteiger partial charge is 0.171 e. The van der Waals surface area contributed by atoms with Crippen molar-refractivity contribution in [1.82, 2.24) is 4.90 Å². The average molecular weight is 498 g/mol. The number of ether oxygens (including phenoxy) is 2. The van der Waals surface area contributed by atoms with Crippen LogP contribution in [0, 0.1) is 16.7 Å². The van der Waals surface area contributed by atoms with Gasteiger partial charge in [-0.3, -0.25) is 4.79 Å². The molecule has 4 N–H and O–H groups in total. The van der Waals surface area contributed by atoms with Crippen LogP contribution in [0.2, 0.25) is 0 Å². The number of fused-ring (bicyclic) bond motifs is 3. The number of carbonyl (C=O) groups is 1. The Hall–Kier alpha value is -0.870. The molecule has 3 rings (SSSR count). The third kappa shape index (κ3) is 4.13. The van der Waals surface area contributed by atoms with Crippen LogP contribution >= 0.6 is 0 Å². The van der Waals surface area contributed by atoms with E-state index in [0.29, 0.717) is 19.4 Å². The Bertz CT molecular complexity index is 815. The summed E-state index contributed by atoms with van der Waals surface area (Å²) in [5, 5.41) is 46.3. The van der Waals surface area contributed by atoms with Gasteiger partial charge >= 0.3 is 0 Å². The van der Waals surface area contributed by atoms with E-state index in [0.717, 1.165) is 13.1 Å². The van der Waals surface area contributed by atoms with Gasteiger partial charge in [-0.1, -0.05) is 40.7 Å². The molecule has 1 unspecified atom stereocenters. The number of likely N-dealkylation sites (N-methyl/N-ethyl adjacent to an activating group) is 1. The second-order valence-corrected chi connectivity index (χ2v) is 12.2. The van der Waals surface area contributed by atoms with E-state index in [9.17, 15) is 25.2 Å². The Morgan fingerprint density at radius 1 is 1.20 bits per heavy atom. The molecular formula is C27H47NO7. The molecule has 0 aromatic heterocycles. The Morgan fingerprint density at radius 2 is 1.80 bits per heavy atom. The lowest BCUT2D eigenvalue weighted by atomic mass is 9.40. The molecule has 1 aliphatic heterocycles. The molecule has 0 amide bonds. The number of carbonyl (C=O) groups excluding carboxylic acids is 1. The first-order valence-corrected chi connectivity index (χ1v) is 13.1. The van der Waals surface area contributed by atoms with Gasteiger partial charge in [0.25, 0.3) is 0 Å². The van der Waals surface area contributed by atoms with Gasteiger partial charge in [0.1, 0.15) is 11.7 Å². The molecule has 8 nitrogen and oxygen atoms in total. The van der Waals surface area contributed by atoms with Crippen molar-refractivity contribution in [2.75, 3.05) is 26.2 Å². The third-order valence-electron chi connectivity index (χ3n) is 9.56. The molecule has 1 heterocycles. The van der Waals surface area contributed by atoms with Crippen LogP contribution in [0.3, 0.4) is 0 Å². The zero-order chi connectivity index (χ0) is 26.6. The Morgan fingerprint density at radius 3 is 2.34 bits per heavy atom.